The maximum absolute atomic E-state index is 6.02. The SMILES string of the molecule is CCCNC(C1CCOC2(CCOC2)C1)C(OC)OC. The van der Waals surface area contributed by atoms with E-state index >= 15 is 0 Å². The highest BCUT2D eigenvalue weighted by Gasteiger charge is 2.44. The molecule has 2 aliphatic heterocycles. The topological polar surface area (TPSA) is 49.0 Å². The molecule has 1 N–H and O–H groups in total. The van der Waals surface area contributed by atoms with Crippen LogP contribution in [0.15, 0.2) is 0 Å². The third kappa shape index (κ3) is 3.71. The Bertz CT molecular complexity index is 277. The lowest BCUT2D eigenvalue weighted by molar-refractivity contribution is -0.158. The lowest BCUT2D eigenvalue weighted by Gasteiger charge is -2.42. The predicted molar refractivity (Wildman–Crippen MR) is 76.7 cm³/mol. The van der Waals surface area contributed by atoms with Crippen molar-refractivity contribution >= 4 is 0 Å². The van der Waals surface area contributed by atoms with E-state index in [1.807, 2.05) is 0 Å². The average Bonchev–Trinajstić information content (AvgIpc) is 2.91. The monoisotopic (exact) mass is 287 g/mol. The molecule has 2 aliphatic rings. The molecule has 3 atom stereocenters. The summed E-state index contributed by atoms with van der Waals surface area (Å²) in [5.74, 6) is 0.502. The molecule has 3 unspecified atom stereocenters. The molecule has 2 heterocycles. The number of methoxy groups -OCH3 is 2. The Labute approximate surface area is 122 Å². The first-order chi connectivity index (χ1) is 9.74. The lowest BCUT2D eigenvalue weighted by atomic mass is 9.80. The summed E-state index contributed by atoms with van der Waals surface area (Å²) in [4.78, 5) is 0. The second-order valence-electron chi connectivity index (χ2n) is 5.91. The number of ether oxygens (including phenoxy) is 4. The summed E-state index contributed by atoms with van der Waals surface area (Å²) < 4.78 is 22.6. The molecule has 2 rings (SSSR count). The number of hydrogen-bond acceptors (Lipinski definition) is 5. The Hall–Kier alpha value is -0.200. The summed E-state index contributed by atoms with van der Waals surface area (Å²) in [5.41, 5.74) is -0.0684. The van der Waals surface area contributed by atoms with Gasteiger partial charge in [-0.25, -0.2) is 0 Å². The Morgan fingerprint density at radius 2 is 2.10 bits per heavy atom. The fourth-order valence-corrected chi connectivity index (χ4v) is 3.42. The third-order valence-corrected chi connectivity index (χ3v) is 4.49. The van der Waals surface area contributed by atoms with E-state index in [-0.39, 0.29) is 17.9 Å². The van der Waals surface area contributed by atoms with Gasteiger partial charge in [0, 0.05) is 33.9 Å². The van der Waals surface area contributed by atoms with Crippen LogP contribution < -0.4 is 5.32 Å². The molecule has 0 amide bonds. The van der Waals surface area contributed by atoms with Crippen molar-refractivity contribution in [2.45, 2.75) is 50.5 Å². The Balaban J connectivity index is 2.02. The van der Waals surface area contributed by atoms with Gasteiger partial charge in [-0.05, 0) is 31.7 Å². The van der Waals surface area contributed by atoms with Crippen LogP contribution >= 0.6 is 0 Å². The van der Waals surface area contributed by atoms with Crippen molar-refractivity contribution in [1.82, 2.24) is 5.32 Å². The molecule has 0 radical (unpaired) electrons. The molecule has 0 aliphatic carbocycles. The van der Waals surface area contributed by atoms with E-state index in [2.05, 4.69) is 12.2 Å². The summed E-state index contributed by atoms with van der Waals surface area (Å²) in [6.07, 6.45) is 3.98. The number of rotatable bonds is 7. The van der Waals surface area contributed by atoms with Crippen LogP contribution in [0.4, 0.5) is 0 Å². The van der Waals surface area contributed by atoms with Crippen molar-refractivity contribution in [2.24, 2.45) is 5.92 Å². The summed E-state index contributed by atoms with van der Waals surface area (Å²) in [6.45, 7) is 5.51. The van der Waals surface area contributed by atoms with Crippen LogP contribution in [0.2, 0.25) is 0 Å². The largest absolute Gasteiger partial charge is 0.378 e. The van der Waals surface area contributed by atoms with Crippen molar-refractivity contribution in [3.8, 4) is 0 Å². The van der Waals surface area contributed by atoms with Crippen LogP contribution in [0, 0.1) is 5.92 Å². The quantitative estimate of drug-likeness (QED) is 0.720. The molecular formula is C15H29NO4. The zero-order chi connectivity index (χ0) is 14.4. The zero-order valence-corrected chi connectivity index (χ0v) is 13.0. The molecule has 5 heteroatoms. The smallest absolute Gasteiger partial charge is 0.172 e. The first-order valence-corrected chi connectivity index (χ1v) is 7.75. The average molecular weight is 287 g/mol. The second-order valence-corrected chi connectivity index (χ2v) is 5.91. The second kappa shape index (κ2) is 7.71. The first-order valence-electron chi connectivity index (χ1n) is 7.75. The molecular weight excluding hydrogens is 258 g/mol. The van der Waals surface area contributed by atoms with Crippen LogP contribution in [0.5, 0.6) is 0 Å². The number of nitrogens with one attached hydrogen (secondary N) is 1. The van der Waals surface area contributed by atoms with E-state index in [1.165, 1.54) is 0 Å². The predicted octanol–water partition coefficient (Wildman–Crippen LogP) is 1.56. The van der Waals surface area contributed by atoms with E-state index in [0.29, 0.717) is 5.92 Å². The molecule has 5 nitrogen and oxygen atoms in total. The lowest BCUT2D eigenvalue weighted by Crippen LogP contribution is -2.53. The minimum atomic E-state index is -0.205. The van der Waals surface area contributed by atoms with Crippen molar-refractivity contribution in [1.29, 1.82) is 0 Å². The van der Waals surface area contributed by atoms with Gasteiger partial charge in [0.15, 0.2) is 6.29 Å². The third-order valence-electron chi connectivity index (χ3n) is 4.49. The van der Waals surface area contributed by atoms with Gasteiger partial charge in [-0.3, -0.25) is 0 Å². The molecule has 20 heavy (non-hydrogen) atoms. The Morgan fingerprint density at radius 3 is 2.70 bits per heavy atom. The summed E-state index contributed by atoms with van der Waals surface area (Å²) in [6, 6.07) is 0.214. The molecule has 118 valence electrons. The zero-order valence-electron chi connectivity index (χ0n) is 13.0. The van der Waals surface area contributed by atoms with Gasteiger partial charge in [-0.2, -0.15) is 0 Å². The van der Waals surface area contributed by atoms with Gasteiger partial charge in [-0.15, -0.1) is 0 Å². The summed E-state index contributed by atoms with van der Waals surface area (Å²) in [5, 5.41) is 3.60. The van der Waals surface area contributed by atoms with E-state index in [1.54, 1.807) is 14.2 Å². The van der Waals surface area contributed by atoms with E-state index in [9.17, 15) is 0 Å². The van der Waals surface area contributed by atoms with Crippen molar-refractivity contribution < 1.29 is 18.9 Å². The normalized spacial score (nSPS) is 32.1. The van der Waals surface area contributed by atoms with Gasteiger partial charge in [-0.1, -0.05) is 6.92 Å². The van der Waals surface area contributed by atoms with Crippen molar-refractivity contribution in [3.63, 3.8) is 0 Å². The first kappa shape index (κ1) is 16.2. The summed E-state index contributed by atoms with van der Waals surface area (Å²) >= 11 is 0. The van der Waals surface area contributed by atoms with Gasteiger partial charge in [0.1, 0.15) is 0 Å². The molecule has 2 fully saturated rings. The van der Waals surface area contributed by atoms with E-state index < -0.39 is 0 Å². The van der Waals surface area contributed by atoms with E-state index in [4.69, 9.17) is 18.9 Å². The van der Waals surface area contributed by atoms with E-state index in [0.717, 1.165) is 52.0 Å². The van der Waals surface area contributed by atoms with Gasteiger partial charge in [0.05, 0.1) is 18.2 Å². The molecule has 0 aromatic rings. The van der Waals surface area contributed by atoms with Gasteiger partial charge >= 0.3 is 0 Å². The van der Waals surface area contributed by atoms with Gasteiger partial charge in [0.25, 0.3) is 0 Å². The maximum Gasteiger partial charge on any atom is 0.172 e. The molecule has 0 saturated carbocycles. The standard InChI is InChI=1S/C15H29NO4/c1-4-7-16-13(14(17-2)18-3)12-5-8-20-15(10-12)6-9-19-11-15/h12-14,16H,4-11H2,1-3H3. The van der Waals surface area contributed by atoms with Gasteiger partial charge < -0.3 is 24.3 Å². The highest BCUT2D eigenvalue weighted by molar-refractivity contribution is 4.94. The molecule has 0 bridgehead atoms. The van der Waals surface area contributed by atoms with Crippen LogP contribution in [-0.4, -0.2) is 58.5 Å². The Kier molecular flexibility index (Phi) is 6.23. The highest BCUT2D eigenvalue weighted by atomic mass is 16.7. The number of hydrogen-bond donors (Lipinski definition) is 1. The van der Waals surface area contributed by atoms with Crippen molar-refractivity contribution in [2.75, 3.05) is 40.6 Å². The fraction of sp³-hybridized carbons (Fsp3) is 1.00. The van der Waals surface area contributed by atoms with Crippen LogP contribution in [-0.2, 0) is 18.9 Å². The maximum atomic E-state index is 6.02. The molecule has 0 aromatic heterocycles. The summed E-state index contributed by atoms with van der Waals surface area (Å²) in [7, 11) is 3.42. The minimum Gasteiger partial charge on any atom is -0.378 e. The van der Waals surface area contributed by atoms with Crippen LogP contribution in [0.3, 0.4) is 0 Å². The molecule has 1 spiro atoms. The van der Waals surface area contributed by atoms with Crippen LogP contribution in [0.25, 0.3) is 0 Å². The van der Waals surface area contributed by atoms with Crippen LogP contribution in [0.1, 0.15) is 32.6 Å². The van der Waals surface area contributed by atoms with Crippen molar-refractivity contribution in [3.05, 3.63) is 0 Å². The highest BCUT2D eigenvalue weighted by Crippen LogP contribution is 2.37. The Morgan fingerprint density at radius 1 is 1.30 bits per heavy atom. The minimum absolute atomic E-state index is 0.0684. The fourth-order valence-electron chi connectivity index (χ4n) is 3.42. The molecule has 2 saturated heterocycles. The van der Waals surface area contributed by atoms with Gasteiger partial charge in [0.2, 0.25) is 0 Å². The molecule has 0 aromatic carbocycles.